The first-order valence-corrected chi connectivity index (χ1v) is 12.3. The number of aromatic hydroxyl groups is 1. The van der Waals surface area contributed by atoms with E-state index in [1.165, 1.54) is 11.1 Å². The van der Waals surface area contributed by atoms with Gasteiger partial charge in [-0.1, -0.05) is 42.5 Å². The summed E-state index contributed by atoms with van der Waals surface area (Å²) in [4.78, 5) is 25.3. The number of rotatable bonds is 7. The molecule has 1 heterocycles. The van der Waals surface area contributed by atoms with Gasteiger partial charge in [-0.15, -0.1) is 0 Å². The van der Waals surface area contributed by atoms with Gasteiger partial charge in [-0.3, -0.25) is 4.79 Å². The summed E-state index contributed by atoms with van der Waals surface area (Å²) < 4.78 is 11.6. The molecule has 4 rings (SSSR count). The van der Waals surface area contributed by atoms with Crippen LogP contribution in [-0.2, 0) is 11.3 Å². The van der Waals surface area contributed by atoms with Crippen molar-refractivity contribution in [2.45, 2.75) is 64.3 Å². The average molecular weight is 504 g/mol. The molecule has 1 aliphatic heterocycles. The van der Waals surface area contributed by atoms with Crippen LogP contribution in [0, 0.1) is 0 Å². The lowest BCUT2D eigenvalue weighted by Crippen LogP contribution is -2.60. The van der Waals surface area contributed by atoms with E-state index in [2.05, 4.69) is 0 Å². The number of ketones is 1. The van der Waals surface area contributed by atoms with Crippen LogP contribution < -0.4 is 4.74 Å². The van der Waals surface area contributed by atoms with E-state index in [0.717, 1.165) is 5.56 Å². The van der Waals surface area contributed by atoms with Gasteiger partial charge in [0.25, 0.3) is 0 Å². The van der Waals surface area contributed by atoms with Gasteiger partial charge in [-0.05, 0) is 57.5 Å². The van der Waals surface area contributed by atoms with Crippen molar-refractivity contribution in [1.82, 2.24) is 5.06 Å². The van der Waals surface area contributed by atoms with Crippen molar-refractivity contribution in [2.24, 2.45) is 0 Å². The maximum atomic E-state index is 12.7. The van der Waals surface area contributed by atoms with Gasteiger partial charge >= 0.3 is 5.97 Å². The summed E-state index contributed by atoms with van der Waals surface area (Å²) in [5.74, 6) is -0.394. The van der Waals surface area contributed by atoms with Gasteiger partial charge in [0.2, 0.25) is 0 Å². The van der Waals surface area contributed by atoms with Gasteiger partial charge < -0.3 is 19.8 Å². The summed E-state index contributed by atoms with van der Waals surface area (Å²) in [6.07, 6.45) is 0.772. The Bertz CT molecular complexity index is 1250. The van der Waals surface area contributed by atoms with E-state index in [-0.39, 0.29) is 29.8 Å². The number of carbonyl (C=O) groups is 2. The second-order valence-corrected chi connectivity index (χ2v) is 10.7. The first-order chi connectivity index (χ1) is 17.5. The molecule has 0 spiro atoms. The quantitative estimate of drug-likeness (QED) is 0.312. The molecule has 7 nitrogen and oxygen atoms in total. The molecule has 1 aliphatic rings. The number of hydrogen-bond donors (Lipinski definition) is 2. The highest BCUT2D eigenvalue weighted by atomic mass is 16.5. The first-order valence-electron chi connectivity index (χ1n) is 12.3. The van der Waals surface area contributed by atoms with Crippen molar-refractivity contribution < 1.29 is 29.4 Å². The molecule has 0 radical (unpaired) electrons. The molecule has 1 fully saturated rings. The molecule has 0 unspecified atom stereocenters. The maximum absolute atomic E-state index is 12.7. The van der Waals surface area contributed by atoms with Gasteiger partial charge in [0, 0.05) is 35.5 Å². The fourth-order valence-corrected chi connectivity index (χ4v) is 4.92. The number of benzene rings is 3. The predicted molar refractivity (Wildman–Crippen MR) is 139 cm³/mol. The van der Waals surface area contributed by atoms with Crippen LogP contribution in [0.5, 0.6) is 11.5 Å². The third kappa shape index (κ3) is 6.01. The van der Waals surface area contributed by atoms with Crippen LogP contribution in [-0.4, -0.2) is 44.3 Å². The average Bonchev–Trinajstić information content (AvgIpc) is 2.86. The Hall–Kier alpha value is -3.68. The third-order valence-corrected chi connectivity index (χ3v) is 6.72. The van der Waals surface area contributed by atoms with Gasteiger partial charge in [0.1, 0.15) is 24.2 Å². The molecule has 0 aromatic heterocycles. The Kier molecular flexibility index (Phi) is 7.39. The first kappa shape index (κ1) is 26.4. The molecule has 0 aliphatic carbocycles. The Balaban J connectivity index is 1.34. The molecule has 194 valence electrons. The summed E-state index contributed by atoms with van der Waals surface area (Å²) in [7, 11) is 0. The normalized spacial score (nSPS) is 17.2. The number of ether oxygens (including phenoxy) is 2. The summed E-state index contributed by atoms with van der Waals surface area (Å²) in [6.45, 7) is 7.93. The number of carbonyl (C=O) groups excluding carboxylic acids is 2. The Labute approximate surface area is 217 Å². The molecule has 7 heteroatoms. The van der Waals surface area contributed by atoms with Crippen molar-refractivity contribution in [3.8, 4) is 11.5 Å². The van der Waals surface area contributed by atoms with Gasteiger partial charge in [-0.2, -0.15) is 5.06 Å². The van der Waals surface area contributed by atoms with Gasteiger partial charge in [0.15, 0.2) is 5.78 Å². The lowest BCUT2D eigenvalue weighted by molar-refractivity contribution is -0.256. The fraction of sp³-hybridized carbons (Fsp3) is 0.333. The zero-order valence-corrected chi connectivity index (χ0v) is 21.6. The second-order valence-electron chi connectivity index (χ2n) is 10.7. The molecule has 0 bridgehead atoms. The highest BCUT2D eigenvalue weighted by Gasteiger charge is 2.46. The molecule has 0 saturated carbocycles. The molecule has 37 heavy (non-hydrogen) atoms. The maximum Gasteiger partial charge on any atom is 0.338 e. The molecule has 1 saturated heterocycles. The highest BCUT2D eigenvalue weighted by Crippen LogP contribution is 2.38. The number of piperidine rings is 1. The lowest BCUT2D eigenvalue weighted by Gasteiger charge is -2.50. The summed E-state index contributed by atoms with van der Waals surface area (Å²) >= 11 is 0. The second kappa shape index (κ2) is 10.4. The van der Waals surface area contributed by atoms with Crippen LogP contribution in [0.1, 0.15) is 72.4 Å². The van der Waals surface area contributed by atoms with Crippen molar-refractivity contribution in [3.05, 3.63) is 95.1 Å². The van der Waals surface area contributed by atoms with Crippen LogP contribution in [0.4, 0.5) is 0 Å². The van der Waals surface area contributed by atoms with E-state index in [0.29, 0.717) is 29.7 Å². The monoisotopic (exact) mass is 503 g/mol. The number of hydroxylamine groups is 2. The van der Waals surface area contributed by atoms with Crippen LogP contribution in [0.25, 0.3) is 0 Å². The van der Waals surface area contributed by atoms with E-state index >= 15 is 0 Å². The van der Waals surface area contributed by atoms with Crippen LogP contribution in [0.3, 0.4) is 0 Å². The Morgan fingerprint density at radius 3 is 2.11 bits per heavy atom. The molecular weight excluding hydrogens is 470 g/mol. The van der Waals surface area contributed by atoms with E-state index in [9.17, 15) is 19.9 Å². The standard InChI is InChI=1S/C30H33NO6/c1-29(2)17-24(18-30(3,4)31(29)35)37-28(34)22-12-10-20(11-13-22)19-36-23-14-15-25(26(32)16-23)27(33)21-8-6-5-7-9-21/h5-16,24,32,35H,17-19H2,1-4H3. The van der Waals surface area contributed by atoms with Gasteiger partial charge in [0.05, 0.1) is 11.1 Å². The van der Waals surface area contributed by atoms with E-state index < -0.39 is 17.0 Å². The Morgan fingerprint density at radius 1 is 0.892 bits per heavy atom. The summed E-state index contributed by atoms with van der Waals surface area (Å²) in [6, 6.07) is 20.3. The minimum Gasteiger partial charge on any atom is -0.507 e. The smallest absolute Gasteiger partial charge is 0.338 e. The van der Waals surface area contributed by atoms with E-state index in [1.54, 1.807) is 60.7 Å². The van der Waals surface area contributed by atoms with E-state index in [1.807, 2.05) is 33.8 Å². The number of phenolic OH excluding ortho intramolecular Hbond substituents is 1. The molecular formula is C30H33NO6. The zero-order valence-electron chi connectivity index (χ0n) is 21.6. The number of hydrogen-bond acceptors (Lipinski definition) is 7. The van der Waals surface area contributed by atoms with Crippen molar-refractivity contribution in [1.29, 1.82) is 0 Å². The zero-order chi connectivity index (χ0) is 26.8. The minimum atomic E-state index is -0.505. The third-order valence-electron chi connectivity index (χ3n) is 6.72. The molecule has 3 aromatic rings. The van der Waals surface area contributed by atoms with Crippen LogP contribution in [0.2, 0.25) is 0 Å². The Morgan fingerprint density at radius 2 is 1.51 bits per heavy atom. The topological polar surface area (TPSA) is 96.3 Å². The van der Waals surface area contributed by atoms with Gasteiger partial charge in [-0.25, -0.2) is 4.79 Å². The van der Waals surface area contributed by atoms with Crippen molar-refractivity contribution >= 4 is 11.8 Å². The summed E-state index contributed by atoms with van der Waals surface area (Å²) in [5.41, 5.74) is 0.961. The molecule has 2 N–H and O–H groups in total. The largest absolute Gasteiger partial charge is 0.507 e. The SMILES string of the molecule is CC1(C)CC(OC(=O)c2ccc(COc3ccc(C(=O)c4ccccc4)c(O)c3)cc2)CC(C)(C)N1O. The molecule has 0 amide bonds. The van der Waals surface area contributed by atoms with E-state index in [4.69, 9.17) is 9.47 Å². The minimum absolute atomic E-state index is 0.150. The lowest BCUT2D eigenvalue weighted by atomic mass is 9.80. The number of nitrogens with zero attached hydrogens (tertiary/aromatic N) is 1. The molecule has 3 aromatic carbocycles. The highest BCUT2D eigenvalue weighted by molar-refractivity contribution is 6.10. The molecule has 0 atom stereocenters. The van der Waals surface area contributed by atoms with Crippen molar-refractivity contribution in [3.63, 3.8) is 0 Å². The summed E-state index contributed by atoms with van der Waals surface area (Å²) in [5, 5.41) is 22.2. The number of phenols is 1. The fourth-order valence-electron chi connectivity index (χ4n) is 4.92. The predicted octanol–water partition coefficient (Wildman–Crippen LogP) is 5.77. The van der Waals surface area contributed by atoms with Crippen LogP contribution in [0.15, 0.2) is 72.8 Å². The van der Waals surface area contributed by atoms with Crippen LogP contribution >= 0.6 is 0 Å². The van der Waals surface area contributed by atoms with Crippen molar-refractivity contribution in [2.75, 3.05) is 0 Å². The number of esters is 1.